The van der Waals surface area contributed by atoms with Crippen molar-refractivity contribution in [2.75, 3.05) is 13.1 Å². The van der Waals surface area contributed by atoms with Crippen molar-refractivity contribution in [2.24, 2.45) is 0 Å². The minimum Gasteiger partial charge on any atom is -0.350 e. The van der Waals surface area contributed by atoms with Crippen LogP contribution in [0.1, 0.15) is 31.4 Å². The molecular formula is C15H22N2O2. The van der Waals surface area contributed by atoms with Crippen LogP contribution in [-0.2, 0) is 16.1 Å². The van der Waals surface area contributed by atoms with Gasteiger partial charge in [0.05, 0.1) is 6.54 Å². The van der Waals surface area contributed by atoms with E-state index in [0.29, 0.717) is 13.1 Å². The molecule has 0 heterocycles. The Morgan fingerprint density at radius 1 is 1.21 bits per heavy atom. The lowest BCUT2D eigenvalue weighted by Gasteiger charge is -2.19. The molecule has 0 aliphatic heterocycles. The molecule has 104 valence electrons. The van der Waals surface area contributed by atoms with Gasteiger partial charge in [-0.3, -0.25) is 9.59 Å². The number of nitrogens with one attached hydrogen (secondary N) is 1. The smallest absolute Gasteiger partial charge is 0.239 e. The molecule has 1 aromatic carbocycles. The van der Waals surface area contributed by atoms with E-state index in [1.807, 2.05) is 38.1 Å². The number of benzene rings is 1. The molecule has 0 fully saturated rings. The molecule has 0 atom stereocenters. The van der Waals surface area contributed by atoms with E-state index >= 15 is 0 Å². The summed E-state index contributed by atoms with van der Waals surface area (Å²) in [6, 6.07) is 8.01. The molecule has 0 aromatic heterocycles. The monoisotopic (exact) mass is 262 g/mol. The van der Waals surface area contributed by atoms with Crippen LogP contribution in [0.2, 0.25) is 0 Å². The molecular weight excluding hydrogens is 240 g/mol. The Morgan fingerprint density at radius 3 is 2.37 bits per heavy atom. The first-order valence-corrected chi connectivity index (χ1v) is 6.60. The van der Waals surface area contributed by atoms with Gasteiger partial charge in [0, 0.05) is 20.0 Å². The molecule has 0 aliphatic rings. The van der Waals surface area contributed by atoms with E-state index in [2.05, 4.69) is 5.32 Å². The third-order valence-corrected chi connectivity index (χ3v) is 2.88. The van der Waals surface area contributed by atoms with Crippen molar-refractivity contribution in [1.82, 2.24) is 10.2 Å². The van der Waals surface area contributed by atoms with Crippen LogP contribution in [0.5, 0.6) is 0 Å². The molecule has 19 heavy (non-hydrogen) atoms. The highest BCUT2D eigenvalue weighted by Crippen LogP contribution is 2.02. The SMILES string of the molecule is CCCN(CC(=O)NCc1ccc(C)cc1)C(C)=O. The lowest BCUT2D eigenvalue weighted by molar-refractivity contribution is -0.134. The first-order valence-electron chi connectivity index (χ1n) is 6.60. The number of nitrogens with zero attached hydrogens (tertiary/aromatic N) is 1. The summed E-state index contributed by atoms with van der Waals surface area (Å²) in [5.41, 5.74) is 2.25. The zero-order valence-corrected chi connectivity index (χ0v) is 11.9. The summed E-state index contributed by atoms with van der Waals surface area (Å²) in [7, 11) is 0. The van der Waals surface area contributed by atoms with Crippen molar-refractivity contribution in [3.63, 3.8) is 0 Å². The maximum atomic E-state index is 11.8. The predicted octanol–water partition coefficient (Wildman–Crippen LogP) is 1.87. The number of hydrogen-bond donors (Lipinski definition) is 1. The second kappa shape index (κ2) is 7.56. The summed E-state index contributed by atoms with van der Waals surface area (Å²) < 4.78 is 0. The third-order valence-electron chi connectivity index (χ3n) is 2.88. The van der Waals surface area contributed by atoms with Crippen LogP contribution < -0.4 is 5.32 Å². The molecule has 1 N–H and O–H groups in total. The Bertz CT molecular complexity index is 426. The van der Waals surface area contributed by atoms with Crippen LogP contribution in [0.15, 0.2) is 24.3 Å². The summed E-state index contributed by atoms with van der Waals surface area (Å²) in [6.45, 7) is 6.75. The van der Waals surface area contributed by atoms with Gasteiger partial charge in [-0.2, -0.15) is 0 Å². The quantitative estimate of drug-likeness (QED) is 0.851. The zero-order valence-electron chi connectivity index (χ0n) is 11.9. The fourth-order valence-electron chi connectivity index (χ4n) is 1.75. The van der Waals surface area contributed by atoms with E-state index in [1.165, 1.54) is 12.5 Å². The number of amides is 2. The fourth-order valence-corrected chi connectivity index (χ4v) is 1.75. The van der Waals surface area contributed by atoms with E-state index in [1.54, 1.807) is 4.90 Å². The Kier molecular flexibility index (Phi) is 6.06. The highest BCUT2D eigenvalue weighted by molar-refractivity contribution is 5.83. The maximum absolute atomic E-state index is 11.8. The number of hydrogen-bond acceptors (Lipinski definition) is 2. The summed E-state index contributed by atoms with van der Waals surface area (Å²) in [5, 5.41) is 2.83. The average Bonchev–Trinajstić information content (AvgIpc) is 2.37. The first kappa shape index (κ1) is 15.2. The lowest BCUT2D eigenvalue weighted by Crippen LogP contribution is -2.39. The van der Waals surface area contributed by atoms with Gasteiger partial charge in [0.2, 0.25) is 11.8 Å². The number of carbonyl (C=O) groups excluding carboxylic acids is 2. The highest BCUT2D eigenvalue weighted by Gasteiger charge is 2.11. The van der Waals surface area contributed by atoms with E-state index < -0.39 is 0 Å². The summed E-state index contributed by atoms with van der Waals surface area (Å²) >= 11 is 0. The van der Waals surface area contributed by atoms with Gasteiger partial charge in [-0.25, -0.2) is 0 Å². The summed E-state index contributed by atoms with van der Waals surface area (Å²) in [6.07, 6.45) is 0.852. The molecule has 0 saturated heterocycles. The van der Waals surface area contributed by atoms with Gasteiger partial charge < -0.3 is 10.2 Å². The van der Waals surface area contributed by atoms with E-state index in [4.69, 9.17) is 0 Å². The largest absolute Gasteiger partial charge is 0.350 e. The van der Waals surface area contributed by atoms with Gasteiger partial charge in [0.25, 0.3) is 0 Å². The van der Waals surface area contributed by atoms with Crippen molar-refractivity contribution in [3.05, 3.63) is 35.4 Å². The molecule has 1 aromatic rings. The Labute approximate surface area is 114 Å². The van der Waals surface area contributed by atoms with Gasteiger partial charge >= 0.3 is 0 Å². The van der Waals surface area contributed by atoms with Crippen molar-refractivity contribution < 1.29 is 9.59 Å². The number of aryl methyl sites for hydroxylation is 1. The van der Waals surface area contributed by atoms with Gasteiger partial charge in [-0.1, -0.05) is 36.8 Å². The summed E-state index contributed by atoms with van der Waals surface area (Å²) in [5.74, 6) is -0.184. The molecule has 4 heteroatoms. The second-order valence-electron chi connectivity index (χ2n) is 4.70. The Morgan fingerprint density at radius 2 is 1.84 bits per heavy atom. The first-order chi connectivity index (χ1) is 9.02. The summed E-state index contributed by atoms with van der Waals surface area (Å²) in [4.78, 5) is 24.7. The van der Waals surface area contributed by atoms with Crippen molar-refractivity contribution in [2.45, 2.75) is 33.7 Å². The average molecular weight is 262 g/mol. The second-order valence-corrected chi connectivity index (χ2v) is 4.70. The van der Waals surface area contributed by atoms with Crippen molar-refractivity contribution in [1.29, 1.82) is 0 Å². The minimum absolute atomic E-state index is 0.0627. The van der Waals surface area contributed by atoms with E-state index in [-0.39, 0.29) is 18.4 Å². The molecule has 0 radical (unpaired) electrons. The minimum atomic E-state index is -0.121. The highest BCUT2D eigenvalue weighted by atomic mass is 16.2. The maximum Gasteiger partial charge on any atom is 0.239 e. The molecule has 0 bridgehead atoms. The van der Waals surface area contributed by atoms with Gasteiger partial charge in [-0.05, 0) is 18.9 Å². The van der Waals surface area contributed by atoms with Crippen LogP contribution in [0.4, 0.5) is 0 Å². The van der Waals surface area contributed by atoms with E-state index in [9.17, 15) is 9.59 Å². The normalized spacial score (nSPS) is 10.1. The van der Waals surface area contributed by atoms with E-state index in [0.717, 1.165) is 12.0 Å². The molecule has 0 saturated carbocycles. The van der Waals surface area contributed by atoms with Gasteiger partial charge in [-0.15, -0.1) is 0 Å². The van der Waals surface area contributed by atoms with Crippen LogP contribution >= 0.6 is 0 Å². The molecule has 0 spiro atoms. The van der Waals surface area contributed by atoms with Crippen LogP contribution in [0, 0.1) is 6.92 Å². The fraction of sp³-hybridized carbons (Fsp3) is 0.467. The molecule has 2 amide bonds. The Hall–Kier alpha value is -1.84. The predicted molar refractivity (Wildman–Crippen MR) is 75.6 cm³/mol. The van der Waals surface area contributed by atoms with Gasteiger partial charge in [0.15, 0.2) is 0 Å². The number of carbonyl (C=O) groups is 2. The van der Waals surface area contributed by atoms with Crippen molar-refractivity contribution in [3.8, 4) is 0 Å². The lowest BCUT2D eigenvalue weighted by atomic mass is 10.1. The Balaban J connectivity index is 2.42. The standard InChI is InChI=1S/C15H22N2O2/c1-4-9-17(13(3)18)11-15(19)16-10-14-7-5-12(2)6-8-14/h5-8H,4,9-11H2,1-3H3,(H,16,19). The van der Waals surface area contributed by atoms with Crippen LogP contribution in [-0.4, -0.2) is 29.8 Å². The molecule has 0 aliphatic carbocycles. The topological polar surface area (TPSA) is 49.4 Å². The van der Waals surface area contributed by atoms with Gasteiger partial charge in [0.1, 0.15) is 0 Å². The number of rotatable bonds is 6. The zero-order chi connectivity index (χ0) is 14.3. The van der Waals surface area contributed by atoms with Crippen molar-refractivity contribution >= 4 is 11.8 Å². The molecule has 0 unspecified atom stereocenters. The third kappa shape index (κ3) is 5.55. The molecule has 4 nitrogen and oxygen atoms in total. The molecule has 1 rings (SSSR count). The van der Waals surface area contributed by atoms with Crippen LogP contribution in [0.3, 0.4) is 0 Å². The van der Waals surface area contributed by atoms with Crippen LogP contribution in [0.25, 0.3) is 0 Å².